The molecule has 4 amide bonds. The molecular weight excluding hydrogens is 492 g/mol. The lowest BCUT2D eigenvalue weighted by molar-refractivity contribution is -0.140. The van der Waals surface area contributed by atoms with Gasteiger partial charge in [-0.2, -0.15) is 0 Å². The van der Waals surface area contributed by atoms with Crippen molar-refractivity contribution in [2.24, 2.45) is 0 Å². The number of imide groups is 1. The van der Waals surface area contributed by atoms with Crippen LogP contribution in [0.25, 0.3) is 0 Å². The molecule has 0 saturated carbocycles. The van der Waals surface area contributed by atoms with E-state index in [9.17, 15) is 24.0 Å². The van der Waals surface area contributed by atoms with Crippen LogP contribution in [0.15, 0.2) is 0 Å². The standard InChI is InChI=1S/C21H36N4O5S.3C2H6/c1-15(26)13-16(20(29)22-10-11-23(2)3)24(4)18(27)9-7-6-8-12-31-17-14-19(28)25(5)21(17)30;3*1-2/h16-17H,6-14H2,1-5H3,(H,22,29);3*1-2H3. The maximum atomic E-state index is 12.5. The van der Waals surface area contributed by atoms with Crippen molar-refractivity contribution >= 4 is 41.2 Å². The quantitative estimate of drug-likeness (QED) is 0.262. The van der Waals surface area contributed by atoms with E-state index in [1.54, 1.807) is 7.05 Å². The zero-order valence-electron chi connectivity index (χ0n) is 25.3. The molecule has 0 radical (unpaired) electrons. The molecule has 0 aromatic rings. The van der Waals surface area contributed by atoms with Crippen LogP contribution in [0.3, 0.4) is 0 Å². The van der Waals surface area contributed by atoms with E-state index in [0.29, 0.717) is 25.9 Å². The number of nitrogens with zero attached hydrogens (tertiary/aromatic N) is 3. The highest BCUT2D eigenvalue weighted by Gasteiger charge is 2.36. The second kappa shape index (κ2) is 24.4. The number of likely N-dealkylation sites (tertiary alicyclic amines) is 1. The summed E-state index contributed by atoms with van der Waals surface area (Å²) in [6.07, 6.45) is 2.86. The van der Waals surface area contributed by atoms with E-state index in [1.165, 1.54) is 35.5 Å². The second-order valence-corrected chi connectivity index (χ2v) is 9.50. The largest absolute Gasteiger partial charge is 0.353 e. The monoisotopic (exact) mass is 546 g/mol. The summed E-state index contributed by atoms with van der Waals surface area (Å²) >= 11 is 1.49. The molecule has 1 aliphatic rings. The van der Waals surface area contributed by atoms with Gasteiger partial charge in [0.2, 0.25) is 23.6 Å². The highest BCUT2D eigenvalue weighted by atomic mass is 32.2. The van der Waals surface area contributed by atoms with Gasteiger partial charge in [0, 0.05) is 46.4 Å². The van der Waals surface area contributed by atoms with Crippen LogP contribution >= 0.6 is 11.8 Å². The Morgan fingerprint density at radius 1 is 1.00 bits per heavy atom. The van der Waals surface area contributed by atoms with Crippen molar-refractivity contribution in [2.45, 2.75) is 98.3 Å². The van der Waals surface area contributed by atoms with Crippen molar-refractivity contribution in [3.05, 3.63) is 0 Å². The minimum absolute atomic E-state index is 0.00470. The van der Waals surface area contributed by atoms with Crippen LogP contribution in [-0.4, -0.2) is 102 Å². The highest BCUT2D eigenvalue weighted by molar-refractivity contribution is 8.00. The van der Waals surface area contributed by atoms with Gasteiger partial charge in [0.25, 0.3) is 0 Å². The Hall–Kier alpha value is -1.94. The van der Waals surface area contributed by atoms with Crippen LogP contribution < -0.4 is 5.32 Å². The van der Waals surface area contributed by atoms with Crippen molar-refractivity contribution < 1.29 is 24.0 Å². The normalized spacial score (nSPS) is 14.9. The molecule has 218 valence electrons. The fraction of sp³-hybridized carbons (Fsp3) is 0.815. The fourth-order valence-electron chi connectivity index (χ4n) is 3.18. The zero-order chi connectivity index (χ0) is 29.6. The first-order valence-electron chi connectivity index (χ1n) is 13.6. The van der Waals surface area contributed by atoms with Gasteiger partial charge in [-0.15, -0.1) is 11.8 Å². The van der Waals surface area contributed by atoms with Crippen molar-refractivity contribution in [2.75, 3.05) is 47.0 Å². The lowest BCUT2D eigenvalue weighted by Gasteiger charge is -2.27. The summed E-state index contributed by atoms with van der Waals surface area (Å²) in [5.41, 5.74) is 0. The molecule has 2 atom stereocenters. The number of carbonyl (C=O) groups is 5. The molecule has 1 saturated heterocycles. The third-order valence-electron chi connectivity index (χ3n) is 5.20. The number of likely N-dealkylation sites (N-methyl/N-ethyl adjacent to an activating group) is 2. The lowest BCUT2D eigenvalue weighted by Crippen LogP contribution is -2.49. The molecule has 9 nitrogen and oxygen atoms in total. The third-order valence-corrected chi connectivity index (χ3v) is 6.49. The predicted octanol–water partition coefficient (Wildman–Crippen LogP) is 3.60. The molecule has 0 bridgehead atoms. The number of Topliss-reactive ketones (excluding diaryl/α,β-unsaturated/α-hetero) is 1. The Labute approximate surface area is 230 Å². The van der Waals surface area contributed by atoms with Crippen molar-refractivity contribution in [1.29, 1.82) is 0 Å². The number of hydrogen-bond donors (Lipinski definition) is 1. The summed E-state index contributed by atoms with van der Waals surface area (Å²) in [5.74, 6) is -0.142. The Balaban J connectivity index is -0.00000179. The maximum absolute atomic E-state index is 12.5. The van der Waals surface area contributed by atoms with Crippen LogP contribution in [-0.2, 0) is 24.0 Å². The van der Waals surface area contributed by atoms with E-state index in [1.807, 2.05) is 60.5 Å². The number of nitrogens with one attached hydrogen (secondary N) is 1. The maximum Gasteiger partial charge on any atom is 0.243 e. The van der Waals surface area contributed by atoms with Gasteiger partial charge in [-0.3, -0.25) is 28.9 Å². The number of amides is 4. The second-order valence-electron chi connectivity index (χ2n) is 8.19. The Morgan fingerprint density at radius 2 is 1.57 bits per heavy atom. The summed E-state index contributed by atoms with van der Waals surface area (Å²) in [6, 6.07) is -0.800. The minimum atomic E-state index is -0.800. The van der Waals surface area contributed by atoms with E-state index < -0.39 is 6.04 Å². The number of carbonyl (C=O) groups excluding carboxylic acids is 5. The van der Waals surface area contributed by atoms with Crippen molar-refractivity contribution in [3.8, 4) is 0 Å². The van der Waals surface area contributed by atoms with Gasteiger partial charge in [-0.1, -0.05) is 48.0 Å². The first-order valence-corrected chi connectivity index (χ1v) is 14.7. The molecule has 0 aromatic heterocycles. The summed E-state index contributed by atoms with van der Waals surface area (Å²) in [6.45, 7) is 14.5. The van der Waals surface area contributed by atoms with E-state index in [4.69, 9.17) is 0 Å². The van der Waals surface area contributed by atoms with Crippen LogP contribution in [0.1, 0.15) is 87.0 Å². The molecule has 37 heavy (non-hydrogen) atoms. The number of ketones is 1. The Morgan fingerprint density at radius 3 is 2.03 bits per heavy atom. The number of hydrogen-bond acceptors (Lipinski definition) is 7. The zero-order valence-corrected chi connectivity index (χ0v) is 26.1. The third kappa shape index (κ3) is 17.2. The molecule has 2 unspecified atom stereocenters. The van der Waals surface area contributed by atoms with E-state index in [0.717, 1.165) is 18.6 Å². The van der Waals surface area contributed by atoms with Gasteiger partial charge in [-0.25, -0.2) is 0 Å². The molecule has 1 N–H and O–H groups in total. The average Bonchev–Trinajstić information content (AvgIpc) is 3.13. The van der Waals surface area contributed by atoms with Crippen LogP contribution in [0.4, 0.5) is 0 Å². The van der Waals surface area contributed by atoms with E-state index in [-0.39, 0.29) is 47.5 Å². The molecule has 1 fully saturated rings. The smallest absolute Gasteiger partial charge is 0.243 e. The van der Waals surface area contributed by atoms with Crippen molar-refractivity contribution in [3.63, 3.8) is 0 Å². The van der Waals surface area contributed by atoms with Crippen LogP contribution in [0.5, 0.6) is 0 Å². The van der Waals surface area contributed by atoms with Gasteiger partial charge in [0.1, 0.15) is 11.8 Å². The Kier molecular flexibility index (Phi) is 26.1. The van der Waals surface area contributed by atoms with Crippen molar-refractivity contribution in [1.82, 2.24) is 20.0 Å². The molecule has 10 heteroatoms. The number of rotatable bonds is 14. The van der Waals surface area contributed by atoms with E-state index in [2.05, 4.69) is 5.32 Å². The molecule has 1 heterocycles. The summed E-state index contributed by atoms with van der Waals surface area (Å²) in [5, 5.41) is 2.50. The molecule has 0 spiro atoms. The summed E-state index contributed by atoms with van der Waals surface area (Å²) < 4.78 is 0. The summed E-state index contributed by atoms with van der Waals surface area (Å²) in [4.78, 5) is 64.5. The molecule has 1 aliphatic heterocycles. The van der Waals surface area contributed by atoms with Gasteiger partial charge >= 0.3 is 0 Å². The van der Waals surface area contributed by atoms with Crippen LogP contribution in [0, 0.1) is 0 Å². The number of thioether (sulfide) groups is 1. The Bertz CT molecular complexity index is 673. The molecular formula is C27H54N4O5S. The molecule has 0 aromatic carbocycles. The number of unbranched alkanes of at least 4 members (excludes halogenated alkanes) is 2. The lowest BCUT2D eigenvalue weighted by atomic mass is 10.1. The van der Waals surface area contributed by atoms with Gasteiger partial charge in [-0.05, 0) is 39.6 Å². The summed E-state index contributed by atoms with van der Waals surface area (Å²) in [7, 11) is 6.87. The highest BCUT2D eigenvalue weighted by Crippen LogP contribution is 2.25. The topological polar surface area (TPSA) is 107 Å². The molecule has 1 rings (SSSR count). The van der Waals surface area contributed by atoms with Gasteiger partial charge in [0.15, 0.2) is 0 Å². The van der Waals surface area contributed by atoms with E-state index >= 15 is 0 Å². The van der Waals surface area contributed by atoms with Gasteiger partial charge in [0.05, 0.1) is 5.25 Å². The average molecular weight is 547 g/mol. The van der Waals surface area contributed by atoms with Crippen LogP contribution in [0.2, 0.25) is 0 Å². The SMILES string of the molecule is CC.CC.CC.CC(=O)CC(C(=O)NCCN(C)C)N(C)C(=O)CCCCCSC1CC(=O)N(C)C1=O. The predicted molar refractivity (Wildman–Crippen MR) is 155 cm³/mol. The first kappa shape index (κ1) is 39.6. The minimum Gasteiger partial charge on any atom is -0.353 e. The first-order chi connectivity index (χ1) is 17.5. The fourth-order valence-corrected chi connectivity index (χ4v) is 4.40. The van der Waals surface area contributed by atoms with Gasteiger partial charge < -0.3 is 15.1 Å². The molecule has 0 aliphatic carbocycles.